The maximum atomic E-state index is 11.1. The molecule has 17 heavy (non-hydrogen) atoms. The summed E-state index contributed by atoms with van der Waals surface area (Å²) >= 11 is 1.62. The fourth-order valence-corrected chi connectivity index (χ4v) is 3.65. The molecule has 0 bridgehead atoms. The van der Waals surface area contributed by atoms with E-state index in [1.54, 1.807) is 11.3 Å². The molecule has 0 unspecified atom stereocenters. The fraction of sp³-hybridized carbons (Fsp3) is 0.333. The number of aryl methyl sites for hydroxylation is 2. The summed E-state index contributed by atoms with van der Waals surface area (Å²) in [5.41, 5.74) is 1.32. The first-order chi connectivity index (χ1) is 8.04. The number of H-pyrrole nitrogens is 1. The lowest BCUT2D eigenvalue weighted by Crippen LogP contribution is -1.92. The van der Waals surface area contributed by atoms with Gasteiger partial charge in [0.2, 0.25) is 0 Å². The fourth-order valence-electron chi connectivity index (χ4n) is 1.91. The molecule has 0 radical (unpaired) electrons. The van der Waals surface area contributed by atoms with E-state index >= 15 is 0 Å². The minimum Gasteiger partial charge on any atom is -0.248 e. The largest absolute Gasteiger partial charge is 0.296 e. The third-order valence-corrected chi connectivity index (χ3v) is 4.98. The lowest BCUT2D eigenvalue weighted by atomic mass is 10.2. The Labute approximate surface area is 106 Å². The van der Waals surface area contributed by atoms with Gasteiger partial charge in [-0.25, -0.2) is 13.5 Å². The Morgan fingerprint density at radius 3 is 2.88 bits per heavy atom. The lowest BCUT2D eigenvalue weighted by molar-refractivity contribution is 0.602. The second-order valence-corrected chi connectivity index (χ2v) is 7.43. The highest BCUT2D eigenvalue weighted by molar-refractivity contribution is 8.13. The van der Waals surface area contributed by atoms with Gasteiger partial charge in [-0.3, -0.25) is 0 Å². The third-order valence-electron chi connectivity index (χ3n) is 2.66. The Morgan fingerprint density at radius 2 is 2.24 bits per heavy atom. The SMILES string of the molecule is O=S(=O)(Cl)c1nc(-c2cc3c(s2)CCC3)n[nH]1. The van der Waals surface area contributed by atoms with Gasteiger partial charge >= 0.3 is 0 Å². The summed E-state index contributed by atoms with van der Waals surface area (Å²) in [5, 5.41) is 5.91. The summed E-state index contributed by atoms with van der Waals surface area (Å²) in [4.78, 5) is 6.12. The molecule has 2 aromatic heterocycles. The zero-order chi connectivity index (χ0) is 12.0. The minimum atomic E-state index is -3.84. The van der Waals surface area contributed by atoms with Gasteiger partial charge in [-0.15, -0.1) is 11.3 Å². The van der Waals surface area contributed by atoms with Gasteiger partial charge in [0.05, 0.1) is 4.88 Å². The van der Waals surface area contributed by atoms with Gasteiger partial charge in [-0.1, -0.05) is 0 Å². The van der Waals surface area contributed by atoms with Crippen molar-refractivity contribution < 1.29 is 8.42 Å². The number of halogens is 1. The highest BCUT2D eigenvalue weighted by Crippen LogP contribution is 2.35. The highest BCUT2D eigenvalue weighted by Gasteiger charge is 2.20. The molecule has 1 N–H and O–H groups in total. The van der Waals surface area contributed by atoms with Crippen molar-refractivity contribution in [1.82, 2.24) is 15.2 Å². The van der Waals surface area contributed by atoms with Crippen LogP contribution >= 0.6 is 22.0 Å². The number of rotatable bonds is 2. The van der Waals surface area contributed by atoms with Crippen LogP contribution < -0.4 is 0 Å². The van der Waals surface area contributed by atoms with Gasteiger partial charge in [0, 0.05) is 15.6 Å². The summed E-state index contributed by atoms with van der Waals surface area (Å²) in [6, 6.07) is 2.03. The van der Waals surface area contributed by atoms with E-state index in [1.165, 1.54) is 16.9 Å². The molecule has 0 saturated heterocycles. The van der Waals surface area contributed by atoms with Crippen LogP contribution in [-0.4, -0.2) is 23.6 Å². The van der Waals surface area contributed by atoms with Crippen molar-refractivity contribution in [2.75, 3.05) is 0 Å². The summed E-state index contributed by atoms with van der Waals surface area (Å²) in [6.07, 6.45) is 3.36. The van der Waals surface area contributed by atoms with Crippen LogP contribution in [0, 0.1) is 0 Å². The molecule has 1 aliphatic rings. The Morgan fingerprint density at radius 1 is 1.41 bits per heavy atom. The van der Waals surface area contributed by atoms with Crippen LogP contribution in [0.5, 0.6) is 0 Å². The number of nitrogens with one attached hydrogen (secondary N) is 1. The molecular formula is C9H8ClN3O2S2. The van der Waals surface area contributed by atoms with E-state index in [1.807, 2.05) is 6.07 Å². The van der Waals surface area contributed by atoms with Crippen LogP contribution in [-0.2, 0) is 21.9 Å². The zero-order valence-electron chi connectivity index (χ0n) is 8.60. The molecule has 0 saturated carbocycles. The molecule has 8 heteroatoms. The molecule has 1 aliphatic carbocycles. The first kappa shape index (κ1) is 11.2. The average Bonchev–Trinajstić information content (AvgIpc) is 2.90. The van der Waals surface area contributed by atoms with Gasteiger partial charge in [-0.05, 0) is 30.9 Å². The molecule has 3 rings (SSSR count). The van der Waals surface area contributed by atoms with Crippen molar-refractivity contribution in [2.45, 2.75) is 24.4 Å². The monoisotopic (exact) mass is 289 g/mol. The van der Waals surface area contributed by atoms with Crippen molar-refractivity contribution >= 4 is 31.1 Å². The van der Waals surface area contributed by atoms with Crippen LogP contribution in [0.1, 0.15) is 16.9 Å². The van der Waals surface area contributed by atoms with E-state index in [-0.39, 0.29) is 5.16 Å². The van der Waals surface area contributed by atoms with Crippen LogP contribution in [0.4, 0.5) is 0 Å². The van der Waals surface area contributed by atoms with Gasteiger partial charge in [-0.2, -0.15) is 10.1 Å². The molecule has 2 heterocycles. The van der Waals surface area contributed by atoms with Crippen LogP contribution in [0.15, 0.2) is 11.2 Å². The second-order valence-electron chi connectivity index (χ2n) is 3.81. The number of aromatic amines is 1. The molecule has 0 atom stereocenters. The van der Waals surface area contributed by atoms with Gasteiger partial charge in [0.15, 0.2) is 5.82 Å². The quantitative estimate of drug-likeness (QED) is 0.857. The Kier molecular flexibility index (Phi) is 2.49. The van der Waals surface area contributed by atoms with E-state index < -0.39 is 9.05 Å². The molecule has 0 spiro atoms. The number of hydrogen-bond donors (Lipinski definition) is 1. The van der Waals surface area contributed by atoms with Gasteiger partial charge in [0.25, 0.3) is 14.2 Å². The normalized spacial score (nSPS) is 15.1. The van der Waals surface area contributed by atoms with Crippen LogP contribution in [0.3, 0.4) is 0 Å². The minimum absolute atomic E-state index is 0.303. The van der Waals surface area contributed by atoms with E-state index in [4.69, 9.17) is 10.7 Å². The van der Waals surface area contributed by atoms with Crippen molar-refractivity contribution in [2.24, 2.45) is 0 Å². The topological polar surface area (TPSA) is 75.7 Å². The summed E-state index contributed by atoms with van der Waals surface area (Å²) in [7, 11) is 1.34. The molecular weight excluding hydrogens is 282 g/mol. The number of hydrogen-bond acceptors (Lipinski definition) is 5. The number of fused-ring (bicyclic) bond motifs is 1. The summed E-state index contributed by atoms with van der Waals surface area (Å²) in [6.45, 7) is 0. The molecule has 0 aromatic carbocycles. The third kappa shape index (κ3) is 1.98. The molecule has 0 fully saturated rings. The molecule has 90 valence electrons. The molecule has 0 aliphatic heterocycles. The molecule has 2 aromatic rings. The Bertz CT molecular complexity index is 653. The molecule has 0 amide bonds. The predicted molar refractivity (Wildman–Crippen MR) is 64.8 cm³/mol. The van der Waals surface area contributed by atoms with Crippen LogP contribution in [0.25, 0.3) is 10.7 Å². The van der Waals surface area contributed by atoms with Gasteiger partial charge in [0.1, 0.15) is 0 Å². The van der Waals surface area contributed by atoms with E-state index in [2.05, 4.69) is 15.2 Å². The van der Waals surface area contributed by atoms with Crippen molar-refractivity contribution in [1.29, 1.82) is 0 Å². The van der Waals surface area contributed by atoms with E-state index in [9.17, 15) is 8.42 Å². The predicted octanol–water partition coefficient (Wildman–Crippen LogP) is 1.95. The van der Waals surface area contributed by atoms with E-state index in [0.29, 0.717) is 5.82 Å². The van der Waals surface area contributed by atoms with Crippen molar-refractivity contribution in [3.05, 3.63) is 16.5 Å². The maximum absolute atomic E-state index is 11.1. The maximum Gasteiger partial charge on any atom is 0.296 e. The first-order valence-corrected chi connectivity index (χ1v) is 8.15. The average molecular weight is 290 g/mol. The summed E-state index contributed by atoms with van der Waals surface area (Å²) < 4.78 is 22.1. The van der Waals surface area contributed by atoms with Crippen molar-refractivity contribution in [3.63, 3.8) is 0 Å². The van der Waals surface area contributed by atoms with Crippen LogP contribution in [0.2, 0.25) is 0 Å². The van der Waals surface area contributed by atoms with Gasteiger partial charge < -0.3 is 0 Å². The Hall–Kier alpha value is -0.920. The van der Waals surface area contributed by atoms with Crippen molar-refractivity contribution in [3.8, 4) is 10.7 Å². The Balaban J connectivity index is 2.01. The zero-order valence-corrected chi connectivity index (χ0v) is 11.0. The highest BCUT2D eigenvalue weighted by atomic mass is 35.7. The standard InChI is InChI=1S/C9H8ClN3O2S2/c10-17(14,15)9-11-8(12-13-9)7-4-5-2-1-3-6(5)16-7/h4H,1-3H2,(H,11,12,13). The second kappa shape index (κ2) is 3.79. The van der Waals surface area contributed by atoms with E-state index in [0.717, 1.165) is 17.7 Å². The molecule has 5 nitrogen and oxygen atoms in total. The first-order valence-electron chi connectivity index (χ1n) is 5.03. The smallest absolute Gasteiger partial charge is 0.248 e. The lowest BCUT2D eigenvalue weighted by Gasteiger charge is -1.87. The number of aromatic nitrogens is 3. The number of thiophene rings is 1. The number of nitrogens with zero attached hydrogens (tertiary/aromatic N) is 2. The summed E-state index contributed by atoms with van der Waals surface area (Å²) in [5.74, 6) is 0.392.